The van der Waals surface area contributed by atoms with E-state index >= 15 is 0 Å². The van der Waals surface area contributed by atoms with Crippen LogP contribution in [0, 0.1) is 13.8 Å². The maximum atomic E-state index is 2.43. The Morgan fingerprint density at radius 3 is 2.08 bits per heavy atom. The van der Waals surface area contributed by atoms with Crippen molar-refractivity contribution in [1.82, 2.24) is 0 Å². The Labute approximate surface area is 157 Å². The van der Waals surface area contributed by atoms with E-state index in [4.69, 9.17) is 0 Å². The zero-order valence-corrected chi connectivity index (χ0v) is 16.4. The van der Waals surface area contributed by atoms with Crippen LogP contribution in [0.1, 0.15) is 22.3 Å². The maximum absolute atomic E-state index is 2.43. The van der Waals surface area contributed by atoms with Gasteiger partial charge in [-0.2, -0.15) is 0 Å². The molecule has 0 spiro atoms. The predicted octanol–water partition coefficient (Wildman–Crippen LogP) is 5.57. The van der Waals surface area contributed by atoms with Crippen LogP contribution in [0.3, 0.4) is 0 Å². The fourth-order valence-corrected chi connectivity index (χ4v) is 8.33. The van der Waals surface area contributed by atoms with Gasteiger partial charge < -0.3 is 0 Å². The lowest BCUT2D eigenvalue weighted by Crippen LogP contribution is -2.41. The van der Waals surface area contributed by atoms with Crippen LogP contribution in [-0.2, 0) is 6.42 Å². The largest absolute Gasteiger partial charge is 0.109 e. The number of allylic oxidation sites excluding steroid dienone is 8. The van der Waals surface area contributed by atoms with Crippen LogP contribution in [0.15, 0.2) is 78.9 Å². The molecule has 0 nitrogen and oxygen atoms in total. The zero-order valence-electron chi connectivity index (χ0n) is 15.4. The average molecular weight is 352 g/mol. The van der Waals surface area contributed by atoms with E-state index in [0.29, 0.717) is 11.1 Å². The third-order valence-electron chi connectivity index (χ3n) is 6.13. The quantitative estimate of drug-likeness (QED) is 0.541. The number of hydrogen-bond donors (Lipinski definition) is 0. The van der Waals surface area contributed by atoms with E-state index in [1.807, 2.05) is 0 Å². The molecule has 3 aliphatic rings. The molecule has 26 heavy (non-hydrogen) atoms. The van der Waals surface area contributed by atoms with Crippen LogP contribution in [-0.4, -0.2) is 8.80 Å². The monoisotopic (exact) mass is 351 g/mol. The van der Waals surface area contributed by atoms with Crippen molar-refractivity contribution < 1.29 is 0 Å². The van der Waals surface area contributed by atoms with Gasteiger partial charge in [0.1, 0.15) is 8.80 Å². The molecule has 0 atom stereocenters. The molecule has 0 heterocycles. The van der Waals surface area contributed by atoms with E-state index in [9.17, 15) is 0 Å². The summed E-state index contributed by atoms with van der Waals surface area (Å²) in [5, 5.41) is 1.68. The summed E-state index contributed by atoms with van der Waals surface area (Å²) < 4.78 is 0. The summed E-state index contributed by atoms with van der Waals surface area (Å²) in [5.41, 5.74) is 10.1. The fraction of sp³-hybridized carbons (Fsp3) is 0.200. The molecule has 2 aromatic carbocycles. The Morgan fingerprint density at radius 1 is 0.808 bits per heavy atom. The summed E-state index contributed by atoms with van der Waals surface area (Å²) in [4.78, 5) is 0. The molecule has 0 bridgehead atoms. The van der Waals surface area contributed by atoms with Crippen LogP contribution in [0.25, 0.3) is 11.1 Å². The molecule has 1 radical (unpaired) electrons. The van der Waals surface area contributed by atoms with Crippen LogP contribution in [0.4, 0.5) is 0 Å². The first-order valence-corrected chi connectivity index (χ1v) is 11.2. The van der Waals surface area contributed by atoms with E-state index < -0.39 is 8.80 Å². The molecule has 1 heteroatoms. The molecule has 0 N–H and O–H groups in total. The Balaban J connectivity index is 1.74. The number of aryl methyl sites for hydroxylation is 1. The van der Waals surface area contributed by atoms with Gasteiger partial charge in [0, 0.05) is 0 Å². The molecular weight excluding hydrogens is 328 g/mol. The van der Waals surface area contributed by atoms with Crippen molar-refractivity contribution in [2.24, 2.45) is 0 Å². The Kier molecular flexibility index (Phi) is 3.72. The van der Waals surface area contributed by atoms with E-state index in [1.54, 1.807) is 10.8 Å². The summed E-state index contributed by atoms with van der Waals surface area (Å²) in [6.45, 7) is 4.64. The highest BCUT2D eigenvalue weighted by atomic mass is 28.3. The highest BCUT2D eigenvalue weighted by molar-refractivity contribution is 6.78. The zero-order chi connectivity index (χ0) is 17.7. The molecule has 0 fully saturated rings. The summed E-state index contributed by atoms with van der Waals surface area (Å²) in [7, 11) is -0.818. The van der Waals surface area contributed by atoms with Gasteiger partial charge in [-0.1, -0.05) is 84.1 Å². The van der Waals surface area contributed by atoms with E-state index in [2.05, 4.69) is 92.8 Å². The van der Waals surface area contributed by atoms with Gasteiger partial charge in [0.25, 0.3) is 0 Å². The number of rotatable bonds is 3. The molecule has 0 aromatic heterocycles. The van der Waals surface area contributed by atoms with Gasteiger partial charge in [-0.3, -0.25) is 0 Å². The molecule has 0 unspecified atom stereocenters. The first-order chi connectivity index (χ1) is 12.7. The SMILES string of the molecule is Cc1cc2c(c([Si](C3C=CC=C3)C3C=CC=C3)c1C)Cc1ccccc1-2. The highest BCUT2D eigenvalue weighted by Crippen LogP contribution is 2.40. The summed E-state index contributed by atoms with van der Waals surface area (Å²) in [6.07, 6.45) is 19.7. The van der Waals surface area contributed by atoms with Crippen LogP contribution >= 0.6 is 0 Å². The number of fused-ring (bicyclic) bond motifs is 3. The standard InChI is InChI=1S/C25H23Si/c1-17-15-23-22-14-8-3-9-19(22)16-24(23)25(18(17)2)26(20-10-4-5-11-20)21-12-6-7-13-21/h3-15,20-21H,16H2,1-2H3. The van der Waals surface area contributed by atoms with Crippen molar-refractivity contribution in [2.75, 3.05) is 0 Å². The Bertz CT molecular complexity index is 951. The number of benzene rings is 2. The average Bonchev–Trinajstić information content (AvgIpc) is 3.40. The van der Waals surface area contributed by atoms with Gasteiger partial charge in [-0.25, -0.2) is 0 Å². The maximum Gasteiger partial charge on any atom is 0.109 e. The minimum Gasteiger partial charge on any atom is -0.0802 e. The van der Waals surface area contributed by atoms with Crippen molar-refractivity contribution in [3.05, 3.63) is 101 Å². The lowest BCUT2D eigenvalue weighted by molar-refractivity contribution is 1.20. The second kappa shape index (κ2) is 6.10. The fourth-order valence-electron chi connectivity index (χ4n) is 4.75. The lowest BCUT2D eigenvalue weighted by Gasteiger charge is -2.29. The Hall–Kier alpha value is -2.38. The second-order valence-corrected chi connectivity index (χ2v) is 10.3. The molecule has 127 valence electrons. The van der Waals surface area contributed by atoms with Crippen molar-refractivity contribution in [2.45, 2.75) is 31.4 Å². The third kappa shape index (κ3) is 2.34. The van der Waals surface area contributed by atoms with Gasteiger partial charge in [0.15, 0.2) is 0 Å². The molecule has 0 saturated carbocycles. The molecule has 2 aromatic rings. The van der Waals surface area contributed by atoms with Crippen LogP contribution in [0.2, 0.25) is 11.1 Å². The molecule has 5 rings (SSSR count). The van der Waals surface area contributed by atoms with Gasteiger partial charge in [0.05, 0.1) is 0 Å². The minimum atomic E-state index is -0.818. The lowest BCUT2D eigenvalue weighted by atomic mass is 9.99. The minimum absolute atomic E-state index is 0.575. The first-order valence-electron chi connectivity index (χ1n) is 9.52. The van der Waals surface area contributed by atoms with Crippen LogP contribution < -0.4 is 5.19 Å². The van der Waals surface area contributed by atoms with Crippen molar-refractivity contribution >= 4 is 14.0 Å². The second-order valence-electron chi connectivity index (χ2n) is 7.60. The van der Waals surface area contributed by atoms with E-state index in [1.165, 1.54) is 27.8 Å². The molecule has 0 amide bonds. The van der Waals surface area contributed by atoms with Crippen molar-refractivity contribution in [3.8, 4) is 11.1 Å². The highest BCUT2D eigenvalue weighted by Gasteiger charge is 2.35. The number of hydrogen-bond acceptors (Lipinski definition) is 0. The summed E-state index contributed by atoms with van der Waals surface area (Å²) in [6, 6.07) is 11.4. The first kappa shape index (κ1) is 15.8. The summed E-state index contributed by atoms with van der Waals surface area (Å²) >= 11 is 0. The van der Waals surface area contributed by atoms with Gasteiger partial charge in [0.2, 0.25) is 0 Å². The van der Waals surface area contributed by atoms with Gasteiger partial charge in [-0.15, -0.1) is 0 Å². The molecule has 0 aliphatic heterocycles. The Morgan fingerprint density at radius 2 is 1.42 bits per heavy atom. The van der Waals surface area contributed by atoms with Gasteiger partial charge >= 0.3 is 0 Å². The third-order valence-corrected chi connectivity index (χ3v) is 9.59. The van der Waals surface area contributed by atoms with Crippen molar-refractivity contribution in [1.29, 1.82) is 0 Å². The molecule has 3 aliphatic carbocycles. The topological polar surface area (TPSA) is 0 Å². The smallest absolute Gasteiger partial charge is 0.0802 e. The molecule has 0 saturated heterocycles. The van der Waals surface area contributed by atoms with E-state index in [0.717, 1.165) is 6.42 Å². The normalized spacial score (nSPS) is 17.7. The van der Waals surface area contributed by atoms with Gasteiger partial charge in [-0.05, 0) is 64.7 Å². The molecular formula is C25H23Si. The van der Waals surface area contributed by atoms with E-state index in [-0.39, 0.29) is 0 Å². The summed E-state index contributed by atoms with van der Waals surface area (Å²) in [5.74, 6) is 0. The van der Waals surface area contributed by atoms with Crippen LogP contribution in [0.5, 0.6) is 0 Å². The van der Waals surface area contributed by atoms with Crippen molar-refractivity contribution in [3.63, 3.8) is 0 Å². The predicted molar refractivity (Wildman–Crippen MR) is 114 cm³/mol.